The second-order valence-electron chi connectivity index (χ2n) is 6.43. The van der Waals surface area contributed by atoms with Crippen LogP contribution in [0, 0.1) is 5.92 Å². The van der Waals surface area contributed by atoms with Crippen LogP contribution >= 0.6 is 0 Å². The molecule has 6 nitrogen and oxygen atoms in total. The molecule has 1 aromatic heterocycles. The lowest BCUT2D eigenvalue weighted by molar-refractivity contribution is -0.139. The Morgan fingerprint density at radius 1 is 1.43 bits per heavy atom. The maximum atomic E-state index is 12.5. The van der Waals surface area contributed by atoms with Gasteiger partial charge in [-0.3, -0.25) is 14.6 Å². The van der Waals surface area contributed by atoms with Gasteiger partial charge in [-0.1, -0.05) is 12.5 Å². The molecule has 124 valence electrons. The second-order valence-corrected chi connectivity index (χ2v) is 6.43. The number of pyridine rings is 1. The largest absolute Gasteiger partial charge is 0.352 e. The number of hydrogen-bond acceptors (Lipinski definition) is 4. The summed E-state index contributed by atoms with van der Waals surface area (Å²) in [6.07, 6.45) is 7.36. The predicted octanol–water partition coefficient (Wildman–Crippen LogP) is 0.688. The van der Waals surface area contributed by atoms with Crippen LogP contribution in [-0.4, -0.2) is 47.4 Å². The number of amides is 2. The van der Waals surface area contributed by atoms with Crippen molar-refractivity contribution in [3.05, 3.63) is 30.1 Å². The lowest BCUT2D eigenvalue weighted by Crippen LogP contribution is -2.57. The van der Waals surface area contributed by atoms with Crippen LogP contribution < -0.4 is 10.6 Å². The lowest BCUT2D eigenvalue weighted by atomic mass is 9.85. The van der Waals surface area contributed by atoms with Crippen molar-refractivity contribution >= 4 is 11.8 Å². The smallest absolute Gasteiger partial charge is 0.240 e. The molecule has 1 saturated carbocycles. The minimum absolute atomic E-state index is 0.0691. The number of nitrogens with zero attached hydrogens (tertiary/aromatic N) is 2. The van der Waals surface area contributed by atoms with Crippen molar-refractivity contribution in [2.45, 2.75) is 38.3 Å². The quantitative estimate of drug-likeness (QED) is 0.810. The van der Waals surface area contributed by atoms with E-state index in [2.05, 4.69) is 15.6 Å². The van der Waals surface area contributed by atoms with E-state index in [1.807, 2.05) is 17.0 Å². The van der Waals surface area contributed by atoms with E-state index < -0.39 is 6.04 Å². The minimum Gasteiger partial charge on any atom is -0.352 e. The fourth-order valence-electron chi connectivity index (χ4n) is 3.08. The molecule has 2 N–H and O–H groups in total. The Balaban J connectivity index is 1.46. The first-order chi connectivity index (χ1) is 11.2. The van der Waals surface area contributed by atoms with Crippen molar-refractivity contribution in [3.63, 3.8) is 0 Å². The molecule has 0 radical (unpaired) electrons. The molecule has 3 rings (SSSR count). The van der Waals surface area contributed by atoms with Gasteiger partial charge in [-0.15, -0.1) is 0 Å². The van der Waals surface area contributed by atoms with E-state index in [-0.39, 0.29) is 18.2 Å². The van der Waals surface area contributed by atoms with E-state index >= 15 is 0 Å². The summed E-state index contributed by atoms with van der Waals surface area (Å²) in [7, 11) is 0. The zero-order valence-corrected chi connectivity index (χ0v) is 13.3. The molecule has 1 unspecified atom stereocenters. The fourth-order valence-corrected chi connectivity index (χ4v) is 3.08. The second kappa shape index (κ2) is 7.55. The number of aromatic nitrogens is 1. The molecule has 1 atom stereocenters. The molecule has 23 heavy (non-hydrogen) atoms. The van der Waals surface area contributed by atoms with Crippen molar-refractivity contribution < 1.29 is 9.59 Å². The van der Waals surface area contributed by atoms with E-state index in [0.29, 0.717) is 12.5 Å². The third kappa shape index (κ3) is 4.28. The van der Waals surface area contributed by atoms with Gasteiger partial charge in [0.2, 0.25) is 11.8 Å². The van der Waals surface area contributed by atoms with Gasteiger partial charge in [-0.05, 0) is 30.4 Å². The van der Waals surface area contributed by atoms with Crippen LogP contribution in [0.2, 0.25) is 0 Å². The van der Waals surface area contributed by atoms with Gasteiger partial charge < -0.3 is 15.5 Å². The molecule has 2 aliphatic rings. The average Bonchev–Trinajstić information content (AvgIpc) is 2.53. The number of carbonyl (C=O) groups excluding carboxylic acids is 2. The van der Waals surface area contributed by atoms with Crippen LogP contribution in [0.25, 0.3) is 0 Å². The summed E-state index contributed by atoms with van der Waals surface area (Å²) in [5, 5.41) is 6.03. The maximum Gasteiger partial charge on any atom is 0.240 e. The Morgan fingerprint density at radius 2 is 2.30 bits per heavy atom. The Bertz CT molecular complexity index is 545. The van der Waals surface area contributed by atoms with E-state index in [0.717, 1.165) is 25.2 Å². The normalized spacial score (nSPS) is 21.8. The van der Waals surface area contributed by atoms with Gasteiger partial charge in [-0.25, -0.2) is 0 Å². The highest BCUT2D eigenvalue weighted by atomic mass is 16.2. The van der Waals surface area contributed by atoms with Crippen LogP contribution in [0.4, 0.5) is 0 Å². The highest BCUT2D eigenvalue weighted by Gasteiger charge is 2.32. The molecule has 2 heterocycles. The molecule has 1 aromatic rings. The monoisotopic (exact) mass is 316 g/mol. The molecule has 6 heteroatoms. The first-order valence-corrected chi connectivity index (χ1v) is 8.40. The van der Waals surface area contributed by atoms with Crippen molar-refractivity contribution in [2.24, 2.45) is 5.92 Å². The number of piperazine rings is 1. The van der Waals surface area contributed by atoms with Crippen molar-refractivity contribution in [2.75, 3.05) is 19.6 Å². The molecule has 1 aliphatic carbocycles. The molecular formula is C17H24N4O2. The molecule has 1 saturated heterocycles. The number of nitrogens with one attached hydrogen (secondary N) is 2. The zero-order chi connectivity index (χ0) is 16.1. The highest BCUT2D eigenvalue weighted by Crippen LogP contribution is 2.27. The Morgan fingerprint density at radius 3 is 3.00 bits per heavy atom. The summed E-state index contributed by atoms with van der Waals surface area (Å²) < 4.78 is 0. The van der Waals surface area contributed by atoms with Gasteiger partial charge in [0.15, 0.2) is 0 Å². The standard InChI is InChI=1S/C17H24N4O2/c22-16(20-11-14-5-2-6-18-10-14)9-15-17(23)21(8-7-19-15)12-13-3-1-4-13/h2,5-6,10,13,15,19H,1,3-4,7-9,11-12H2,(H,20,22). The third-order valence-electron chi connectivity index (χ3n) is 4.69. The summed E-state index contributed by atoms with van der Waals surface area (Å²) >= 11 is 0. The summed E-state index contributed by atoms with van der Waals surface area (Å²) in [5.74, 6) is 0.627. The van der Waals surface area contributed by atoms with Crippen LogP contribution in [0.15, 0.2) is 24.5 Å². The van der Waals surface area contributed by atoms with Crippen molar-refractivity contribution in [3.8, 4) is 0 Å². The Kier molecular flexibility index (Phi) is 5.23. The number of rotatable bonds is 6. The molecule has 2 amide bonds. The molecular weight excluding hydrogens is 292 g/mol. The third-order valence-corrected chi connectivity index (χ3v) is 4.69. The molecule has 0 bridgehead atoms. The van der Waals surface area contributed by atoms with Gasteiger partial charge in [0.25, 0.3) is 0 Å². The summed E-state index contributed by atoms with van der Waals surface area (Å²) in [6, 6.07) is 3.36. The van der Waals surface area contributed by atoms with Crippen molar-refractivity contribution in [1.29, 1.82) is 0 Å². The van der Waals surface area contributed by atoms with Crippen LogP contribution in [0.5, 0.6) is 0 Å². The van der Waals surface area contributed by atoms with Gasteiger partial charge in [0.05, 0.1) is 12.5 Å². The fraction of sp³-hybridized carbons (Fsp3) is 0.588. The average molecular weight is 316 g/mol. The Hall–Kier alpha value is -1.95. The Labute approximate surface area is 136 Å². The first kappa shape index (κ1) is 15.9. The number of carbonyl (C=O) groups is 2. The van der Waals surface area contributed by atoms with Gasteiger partial charge >= 0.3 is 0 Å². The van der Waals surface area contributed by atoms with Crippen LogP contribution in [0.3, 0.4) is 0 Å². The highest BCUT2D eigenvalue weighted by molar-refractivity contribution is 5.88. The van der Waals surface area contributed by atoms with Gasteiger partial charge in [-0.2, -0.15) is 0 Å². The van der Waals surface area contributed by atoms with E-state index in [9.17, 15) is 9.59 Å². The lowest BCUT2D eigenvalue weighted by Gasteiger charge is -2.37. The predicted molar refractivity (Wildman–Crippen MR) is 86.4 cm³/mol. The molecule has 0 aromatic carbocycles. The number of hydrogen-bond donors (Lipinski definition) is 2. The van der Waals surface area contributed by atoms with Crippen molar-refractivity contribution in [1.82, 2.24) is 20.5 Å². The first-order valence-electron chi connectivity index (χ1n) is 8.40. The summed E-state index contributed by atoms with van der Waals surface area (Å²) in [6.45, 7) is 2.82. The van der Waals surface area contributed by atoms with E-state index in [4.69, 9.17) is 0 Å². The molecule has 0 spiro atoms. The topological polar surface area (TPSA) is 74.3 Å². The van der Waals surface area contributed by atoms with Gasteiger partial charge in [0.1, 0.15) is 0 Å². The van der Waals surface area contributed by atoms with E-state index in [1.165, 1.54) is 19.3 Å². The summed E-state index contributed by atoms with van der Waals surface area (Å²) in [5.41, 5.74) is 0.954. The SMILES string of the molecule is O=C(CC1NCCN(CC2CCC2)C1=O)NCc1cccnc1. The minimum atomic E-state index is -0.391. The summed E-state index contributed by atoms with van der Waals surface area (Å²) in [4.78, 5) is 30.5. The zero-order valence-electron chi connectivity index (χ0n) is 13.3. The molecule has 1 aliphatic heterocycles. The maximum absolute atomic E-state index is 12.5. The van der Waals surface area contributed by atoms with Crippen LogP contribution in [-0.2, 0) is 16.1 Å². The molecule has 2 fully saturated rings. The van der Waals surface area contributed by atoms with Crippen LogP contribution in [0.1, 0.15) is 31.2 Å². The van der Waals surface area contributed by atoms with Gasteiger partial charge in [0, 0.05) is 38.6 Å². The van der Waals surface area contributed by atoms with E-state index in [1.54, 1.807) is 12.4 Å².